The molecule has 1 aromatic carbocycles. The number of benzene rings is 1. The van der Waals surface area contributed by atoms with E-state index < -0.39 is 30.9 Å². The third kappa shape index (κ3) is 5.89. The number of carboxylic acids is 1. The van der Waals surface area contributed by atoms with Gasteiger partial charge in [0.05, 0.1) is 18.3 Å². The molecule has 0 saturated heterocycles. The van der Waals surface area contributed by atoms with E-state index in [0.29, 0.717) is 13.1 Å². The topological polar surface area (TPSA) is 121 Å². The van der Waals surface area contributed by atoms with E-state index in [2.05, 4.69) is 0 Å². The third-order valence-corrected chi connectivity index (χ3v) is 3.77. The number of hydrogen-bond acceptors (Lipinski definition) is 6. The molecule has 0 aliphatic rings. The fourth-order valence-corrected chi connectivity index (χ4v) is 2.40. The molecular weight excluding hydrogens is 302 g/mol. The fraction of sp³-hybridized carbons (Fsp3) is 0.562. The molecule has 130 valence electrons. The number of aliphatic hydroxyl groups excluding tert-OH is 4. The predicted octanol–water partition coefficient (Wildman–Crippen LogP) is -0.472. The second-order valence-electron chi connectivity index (χ2n) is 5.91. The van der Waals surface area contributed by atoms with Crippen molar-refractivity contribution >= 4 is 5.97 Å². The van der Waals surface area contributed by atoms with E-state index in [4.69, 9.17) is 10.2 Å². The van der Waals surface area contributed by atoms with Gasteiger partial charge in [-0.1, -0.05) is 19.1 Å². The second-order valence-corrected chi connectivity index (χ2v) is 5.91. The summed E-state index contributed by atoms with van der Waals surface area (Å²) in [5.41, 5.74) is 1.15. The molecule has 0 amide bonds. The quantitative estimate of drug-likeness (QED) is 0.415. The standard InChI is InChI=1S/C16H25NO6/c1-10(14(20)15(21)13(19)9-18)7-17(2)8-11-3-5-12(6-4-11)16(22)23/h3-6,10,13-15,18-21H,7-9H2,1-2H3,(H,22,23)/t10?,13-,14-,15-/m1/s1. The highest BCUT2D eigenvalue weighted by Gasteiger charge is 2.29. The molecule has 1 aromatic rings. The fourth-order valence-electron chi connectivity index (χ4n) is 2.40. The summed E-state index contributed by atoms with van der Waals surface area (Å²) in [6, 6.07) is 6.52. The van der Waals surface area contributed by atoms with Crippen LogP contribution in [0.25, 0.3) is 0 Å². The van der Waals surface area contributed by atoms with Crippen molar-refractivity contribution in [1.29, 1.82) is 0 Å². The molecule has 0 fully saturated rings. The van der Waals surface area contributed by atoms with Crippen molar-refractivity contribution in [2.45, 2.75) is 31.8 Å². The molecule has 0 aliphatic heterocycles. The molecule has 0 radical (unpaired) electrons. The van der Waals surface area contributed by atoms with Crippen LogP contribution in [0.4, 0.5) is 0 Å². The van der Waals surface area contributed by atoms with Gasteiger partial charge in [-0.3, -0.25) is 0 Å². The molecule has 7 heteroatoms. The lowest BCUT2D eigenvalue weighted by Gasteiger charge is -2.29. The largest absolute Gasteiger partial charge is 0.478 e. The Morgan fingerprint density at radius 1 is 1.13 bits per heavy atom. The van der Waals surface area contributed by atoms with E-state index in [0.717, 1.165) is 5.56 Å². The zero-order chi connectivity index (χ0) is 17.6. The first-order chi connectivity index (χ1) is 10.8. The molecule has 1 rings (SSSR count). The molecule has 0 spiro atoms. The smallest absolute Gasteiger partial charge is 0.335 e. The van der Waals surface area contributed by atoms with Crippen LogP contribution in [0.2, 0.25) is 0 Å². The van der Waals surface area contributed by atoms with Crippen molar-refractivity contribution in [2.24, 2.45) is 5.92 Å². The third-order valence-electron chi connectivity index (χ3n) is 3.77. The zero-order valence-electron chi connectivity index (χ0n) is 13.3. The summed E-state index contributed by atoms with van der Waals surface area (Å²) < 4.78 is 0. The average Bonchev–Trinajstić information content (AvgIpc) is 2.52. The summed E-state index contributed by atoms with van der Waals surface area (Å²) in [4.78, 5) is 12.7. The van der Waals surface area contributed by atoms with Gasteiger partial charge in [0.15, 0.2) is 0 Å². The summed E-state index contributed by atoms with van der Waals surface area (Å²) >= 11 is 0. The first-order valence-electron chi connectivity index (χ1n) is 7.42. The summed E-state index contributed by atoms with van der Waals surface area (Å²) in [5, 5.41) is 46.7. The van der Waals surface area contributed by atoms with Crippen LogP contribution in [0.5, 0.6) is 0 Å². The first kappa shape index (κ1) is 19.5. The van der Waals surface area contributed by atoms with Crippen molar-refractivity contribution in [3.8, 4) is 0 Å². The lowest BCUT2D eigenvalue weighted by Crippen LogP contribution is -2.45. The maximum atomic E-state index is 10.8. The highest BCUT2D eigenvalue weighted by molar-refractivity contribution is 5.87. The van der Waals surface area contributed by atoms with E-state index in [1.165, 1.54) is 12.1 Å². The van der Waals surface area contributed by atoms with Gasteiger partial charge in [0.25, 0.3) is 0 Å². The molecule has 0 bridgehead atoms. The van der Waals surface area contributed by atoms with Gasteiger partial charge in [-0.25, -0.2) is 4.79 Å². The molecule has 0 aromatic heterocycles. The van der Waals surface area contributed by atoms with E-state index >= 15 is 0 Å². The Morgan fingerprint density at radius 3 is 2.17 bits per heavy atom. The SMILES string of the molecule is CC(CN(C)Cc1ccc(C(=O)O)cc1)[C@@H](O)[C@H](O)[C@H](O)CO. The highest BCUT2D eigenvalue weighted by Crippen LogP contribution is 2.14. The molecule has 0 aliphatic carbocycles. The summed E-state index contributed by atoms with van der Waals surface area (Å²) in [5.74, 6) is -1.30. The van der Waals surface area contributed by atoms with Crippen LogP contribution in [-0.4, -0.2) is 74.9 Å². The van der Waals surface area contributed by atoms with Crippen LogP contribution in [0, 0.1) is 5.92 Å². The predicted molar refractivity (Wildman–Crippen MR) is 84.0 cm³/mol. The molecule has 23 heavy (non-hydrogen) atoms. The Kier molecular flexibility index (Phi) is 7.60. The van der Waals surface area contributed by atoms with Gasteiger partial charge < -0.3 is 30.4 Å². The van der Waals surface area contributed by atoms with E-state index in [1.807, 2.05) is 11.9 Å². The van der Waals surface area contributed by atoms with E-state index in [-0.39, 0.29) is 11.5 Å². The number of hydrogen-bond donors (Lipinski definition) is 5. The molecule has 7 nitrogen and oxygen atoms in total. The van der Waals surface area contributed by atoms with E-state index in [9.17, 15) is 20.1 Å². The van der Waals surface area contributed by atoms with Crippen molar-refractivity contribution in [2.75, 3.05) is 20.2 Å². The Morgan fingerprint density at radius 2 is 1.70 bits per heavy atom. The Hall–Kier alpha value is -1.51. The zero-order valence-corrected chi connectivity index (χ0v) is 13.3. The molecule has 4 atom stereocenters. The Labute approximate surface area is 135 Å². The number of aliphatic hydroxyl groups is 4. The second kappa shape index (κ2) is 8.95. The van der Waals surface area contributed by atoms with Crippen LogP contribution in [-0.2, 0) is 6.54 Å². The lowest BCUT2D eigenvalue weighted by molar-refractivity contribution is -0.0950. The van der Waals surface area contributed by atoms with Gasteiger partial charge in [-0.15, -0.1) is 0 Å². The van der Waals surface area contributed by atoms with Gasteiger partial charge in [0, 0.05) is 13.1 Å². The van der Waals surface area contributed by atoms with Crippen LogP contribution < -0.4 is 0 Å². The van der Waals surface area contributed by atoms with Gasteiger partial charge in [0.1, 0.15) is 12.2 Å². The van der Waals surface area contributed by atoms with Gasteiger partial charge >= 0.3 is 5.97 Å². The van der Waals surface area contributed by atoms with E-state index in [1.54, 1.807) is 19.1 Å². The summed E-state index contributed by atoms with van der Waals surface area (Å²) in [6.45, 7) is 2.13. The Bertz CT molecular complexity index is 492. The Balaban J connectivity index is 2.55. The number of rotatable bonds is 9. The maximum Gasteiger partial charge on any atom is 0.335 e. The first-order valence-corrected chi connectivity index (χ1v) is 7.42. The summed E-state index contributed by atoms with van der Waals surface area (Å²) in [7, 11) is 1.84. The van der Waals surface area contributed by atoms with Gasteiger partial charge in [-0.2, -0.15) is 0 Å². The highest BCUT2D eigenvalue weighted by atomic mass is 16.4. The molecular formula is C16H25NO6. The minimum Gasteiger partial charge on any atom is -0.478 e. The van der Waals surface area contributed by atoms with Crippen LogP contribution in [0.3, 0.4) is 0 Å². The normalized spacial score (nSPS) is 16.8. The molecule has 0 heterocycles. The van der Waals surface area contributed by atoms with Crippen LogP contribution >= 0.6 is 0 Å². The molecule has 1 unspecified atom stereocenters. The number of nitrogens with zero attached hydrogens (tertiary/aromatic N) is 1. The average molecular weight is 327 g/mol. The van der Waals surface area contributed by atoms with Crippen molar-refractivity contribution in [3.05, 3.63) is 35.4 Å². The van der Waals surface area contributed by atoms with Crippen molar-refractivity contribution < 1.29 is 30.3 Å². The van der Waals surface area contributed by atoms with Crippen molar-refractivity contribution in [1.82, 2.24) is 4.90 Å². The number of carbonyl (C=O) groups is 1. The monoisotopic (exact) mass is 327 g/mol. The molecule has 5 N–H and O–H groups in total. The summed E-state index contributed by atoms with van der Waals surface area (Å²) in [6.07, 6.45) is -3.94. The van der Waals surface area contributed by atoms with Crippen LogP contribution in [0.1, 0.15) is 22.8 Å². The minimum atomic E-state index is -1.40. The minimum absolute atomic E-state index is 0.223. The molecule has 0 saturated carbocycles. The number of carboxylic acid groups (broad SMARTS) is 1. The van der Waals surface area contributed by atoms with Crippen LogP contribution in [0.15, 0.2) is 24.3 Å². The maximum absolute atomic E-state index is 10.8. The van der Waals surface area contributed by atoms with Gasteiger partial charge in [-0.05, 0) is 30.7 Å². The number of aromatic carboxylic acids is 1. The lowest BCUT2D eigenvalue weighted by atomic mass is 9.96. The van der Waals surface area contributed by atoms with Crippen molar-refractivity contribution in [3.63, 3.8) is 0 Å². The van der Waals surface area contributed by atoms with Gasteiger partial charge in [0.2, 0.25) is 0 Å².